The minimum absolute atomic E-state index is 0. The Balaban J connectivity index is 0.00000338. The second-order valence-corrected chi connectivity index (χ2v) is 6.77. The maximum absolute atomic E-state index is 5.43. The predicted octanol–water partition coefficient (Wildman–Crippen LogP) is 4.76. The Morgan fingerprint density at radius 3 is 2.46 bits per heavy atom. The molecule has 0 aliphatic carbocycles. The lowest BCUT2D eigenvalue weighted by Crippen LogP contribution is -2.39. The van der Waals surface area contributed by atoms with E-state index in [1.54, 1.807) is 11.3 Å². The first kappa shape index (κ1) is 22.9. The third kappa shape index (κ3) is 8.05. The van der Waals surface area contributed by atoms with Crippen molar-refractivity contribution in [2.45, 2.75) is 39.8 Å². The molecule has 0 saturated carbocycles. The molecule has 0 radical (unpaired) electrons. The number of rotatable bonds is 9. The Labute approximate surface area is 178 Å². The molecule has 144 valence electrons. The van der Waals surface area contributed by atoms with Crippen LogP contribution in [0.5, 0.6) is 0 Å². The maximum atomic E-state index is 5.43. The Morgan fingerprint density at radius 2 is 1.85 bits per heavy atom. The predicted molar refractivity (Wildman–Crippen MR) is 123 cm³/mol. The van der Waals surface area contributed by atoms with Crippen molar-refractivity contribution in [2.75, 3.05) is 19.7 Å². The van der Waals surface area contributed by atoms with Crippen LogP contribution in [0.3, 0.4) is 0 Å². The summed E-state index contributed by atoms with van der Waals surface area (Å²) in [7, 11) is 0. The van der Waals surface area contributed by atoms with E-state index in [0.29, 0.717) is 19.1 Å². The largest absolute Gasteiger partial charge is 0.377 e. The molecule has 0 saturated heterocycles. The van der Waals surface area contributed by atoms with E-state index in [1.807, 2.05) is 6.92 Å². The summed E-state index contributed by atoms with van der Waals surface area (Å²) in [6, 6.07) is 10.6. The van der Waals surface area contributed by atoms with Crippen molar-refractivity contribution in [1.29, 1.82) is 0 Å². The van der Waals surface area contributed by atoms with Crippen LogP contribution in [0.1, 0.15) is 43.4 Å². The van der Waals surface area contributed by atoms with Crippen molar-refractivity contribution >= 4 is 41.3 Å². The summed E-state index contributed by atoms with van der Waals surface area (Å²) >= 11 is 1.74. The second-order valence-electron chi connectivity index (χ2n) is 5.99. The van der Waals surface area contributed by atoms with Crippen LogP contribution in [0, 0.1) is 0 Å². The number of halogens is 1. The average molecular weight is 487 g/mol. The Kier molecular flexibility index (Phi) is 11.6. The Bertz CT molecular complexity index is 629. The number of thiophene rings is 1. The van der Waals surface area contributed by atoms with Gasteiger partial charge in [-0.3, -0.25) is 0 Å². The lowest BCUT2D eigenvalue weighted by atomic mass is 10.1. The summed E-state index contributed by atoms with van der Waals surface area (Å²) in [5.74, 6) is 1.33. The first-order valence-electron chi connectivity index (χ1n) is 8.92. The van der Waals surface area contributed by atoms with Crippen molar-refractivity contribution in [1.82, 2.24) is 10.6 Å². The zero-order valence-corrected chi connectivity index (χ0v) is 19.0. The number of hydrogen-bond donors (Lipinski definition) is 2. The van der Waals surface area contributed by atoms with Crippen molar-refractivity contribution in [3.8, 4) is 0 Å². The van der Waals surface area contributed by atoms with Crippen molar-refractivity contribution in [3.05, 3.63) is 57.8 Å². The van der Waals surface area contributed by atoms with Crippen LogP contribution in [0.2, 0.25) is 0 Å². The van der Waals surface area contributed by atoms with E-state index in [2.05, 4.69) is 65.6 Å². The van der Waals surface area contributed by atoms with Gasteiger partial charge in [0.15, 0.2) is 5.96 Å². The van der Waals surface area contributed by atoms with Gasteiger partial charge in [0.1, 0.15) is 0 Å². The normalized spacial score (nSPS) is 12.3. The molecule has 2 rings (SSSR count). The summed E-state index contributed by atoms with van der Waals surface area (Å²) in [4.78, 5) is 4.69. The fraction of sp³-hybridized carbons (Fsp3) is 0.450. The lowest BCUT2D eigenvalue weighted by Gasteiger charge is -2.15. The topological polar surface area (TPSA) is 45.7 Å². The van der Waals surface area contributed by atoms with Crippen molar-refractivity contribution < 1.29 is 4.74 Å². The van der Waals surface area contributed by atoms with E-state index >= 15 is 0 Å². The van der Waals surface area contributed by atoms with Gasteiger partial charge in [-0.2, -0.15) is 11.3 Å². The summed E-state index contributed by atoms with van der Waals surface area (Å²) in [5.41, 5.74) is 3.77. The average Bonchev–Trinajstić information content (AvgIpc) is 3.17. The third-order valence-corrected chi connectivity index (χ3v) is 4.65. The molecule has 2 aromatic rings. The number of hydrogen-bond acceptors (Lipinski definition) is 3. The molecular weight excluding hydrogens is 457 g/mol. The fourth-order valence-electron chi connectivity index (χ4n) is 2.40. The van der Waals surface area contributed by atoms with E-state index in [4.69, 9.17) is 9.73 Å². The van der Waals surface area contributed by atoms with Crippen LogP contribution in [0.4, 0.5) is 0 Å². The Hall–Kier alpha value is -1.12. The molecule has 1 unspecified atom stereocenters. The van der Waals surface area contributed by atoms with Gasteiger partial charge in [0.05, 0.1) is 13.2 Å². The smallest absolute Gasteiger partial charge is 0.191 e. The quantitative estimate of drug-likeness (QED) is 0.305. The summed E-state index contributed by atoms with van der Waals surface area (Å²) in [6.45, 7) is 10.1. The number of guanidine groups is 1. The van der Waals surface area contributed by atoms with Gasteiger partial charge in [0.25, 0.3) is 0 Å². The van der Waals surface area contributed by atoms with Gasteiger partial charge in [0.2, 0.25) is 0 Å². The first-order chi connectivity index (χ1) is 12.2. The highest BCUT2D eigenvalue weighted by Crippen LogP contribution is 2.17. The van der Waals surface area contributed by atoms with Crippen LogP contribution in [-0.2, 0) is 17.9 Å². The highest BCUT2D eigenvalue weighted by Gasteiger charge is 2.07. The van der Waals surface area contributed by atoms with Crippen LogP contribution >= 0.6 is 35.3 Å². The molecule has 0 spiro atoms. The molecule has 1 aromatic heterocycles. The van der Waals surface area contributed by atoms with Gasteiger partial charge in [-0.1, -0.05) is 31.2 Å². The van der Waals surface area contributed by atoms with Gasteiger partial charge in [-0.15, -0.1) is 24.0 Å². The van der Waals surface area contributed by atoms with Gasteiger partial charge in [-0.05, 0) is 53.3 Å². The van der Waals surface area contributed by atoms with Crippen LogP contribution in [0.25, 0.3) is 0 Å². The minimum Gasteiger partial charge on any atom is -0.377 e. The van der Waals surface area contributed by atoms with E-state index in [0.717, 1.165) is 25.7 Å². The number of aliphatic imine (C=N–C) groups is 1. The number of nitrogens with zero attached hydrogens (tertiary/aromatic N) is 1. The zero-order valence-electron chi connectivity index (χ0n) is 15.8. The van der Waals surface area contributed by atoms with Crippen molar-refractivity contribution in [2.24, 2.45) is 4.99 Å². The molecule has 2 N–H and O–H groups in total. The zero-order chi connectivity index (χ0) is 17.9. The molecule has 0 aliphatic heterocycles. The van der Waals surface area contributed by atoms with E-state index < -0.39 is 0 Å². The molecule has 0 fully saturated rings. The molecule has 0 bridgehead atoms. The summed E-state index contributed by atoms with van der Waals surface area (Å²) in [5, 5.41) is 11.1. The highest BCUT2D eigenvalue weighted by molar-refractivity contribution is 14.0. The minimum atomic E-state index is 0. The lowest BCUT2D eigenvalue weighted by molar-refractivity contribution is 0.134. The van der Waals surface area contributed by atoms with E-state index in [1.165, 1.54) is 16.7 Å². The maximum Gasteiger partial charge on any atom is 0.191 e. The standard InChI is InChI=1S/C20H29N3OS.HI/c1-4-21-20(22-12-16(3)19-10-11-25-15-19)23-13-17-6-8-18(9-7-17)14-24-5-2;/h6-11,15-16H,4-5,12-14H2,1-3H3,(H2,21,22,23);1H. The molecule has 26 heavy (non-hydrogen) atoms. The molecule has 0 aliphatic rings. The summed E-state index contributed by atoms with van der Waals surface area (Å²) < 4.78 is 5.43. The molecule has 6 heteroatoms. The SMILES string of the molecule is CCNC(=NCc1ccc(COCC)cc1)NCC(C)c1ccsc1.I. The Morgan fingerprint density at radius 1 is 1.12 bits per heavy atom. The number of benzene rings is 1. The number of ether oxygens (including phenoxy) is 1. The van der Waals surface area contributed by atoms with Gasteiger partial charge in [0, 0.05) is 19.7 Å². The number of nitrogens with one attached hydrogen (secondary N) is 2. The van der Waals surface area contributed by atoms with Crippen molar-refractivity contribution in [3.63, 3.8) is 0 Å². The van der Waals surface area contributed by atoms with Crippen LogP contribution in [0.15, 0.2) is 46.1 Å². The van der Waals surface area contributed by atoms with E-state index in [9.17, 15) is 0 Å². The third-order valence-electron chi connectivity index (χ3n) is 3.95. The molecule has 1 aromatic carbocycles. The highest BCUT2D eigenvalue weighted by atomic mass is 127. The van der Waals surface area contributed by atoms with Crippen LogP contribution < -0.4 is 10.6 Å². The monoisotopic (exact) mass is 487 g/mol. The molecule has 1 atom stereocenters. The first-order valence-corrected chi connectivity index (χ1v) is 9.87. The molecule has 4 nitrogen and oxygen atoms in total. The van der Waals surface area contributed by atoms with Crippen LogP contribution in [-0.4, -0.2) is 25.7 Å². The van der Waals surface area contributed by atoms with Gasteiger partial charge < -0.3 is 15.4 Å². The van der Waals surface area contributed by atoms with Gasteiger partial charge >= 0.3 is 0 Å². The fourth-order valence-corrected chi connectivity index (χ4v) is 3.18. The summed E-state index contributed by atoms with van der Waals surface area (Å²) in [6.07, 6.45) is 0. The van der Waals surface area contributed by atoms with Gasteiger partial charge in [-0.25, -0.2) is 4.99 Å². The molecule has 1 heterocycles. The molecular formula is C20H30IN3OS. The second kappa shape index (κ2) is 13.1. The van der Waals surface area contributed by atoms with E-state index in [-0.39, 0.29) is 24.0 Å². The molecule has 0 amide bonds.